The fourth-order valence-corrected chi connectivity index (χ4v) is 5.08. The van der Waals surface area contributed by atoms with E-state index in [0.717, 1.165) is 12.8 Å². The minimum Gasteiger partial charge on any atom is -0.469 e. The van der Waals surface area contributed by atoms with Crippen LogP contribution in [-0.4, -0.2) is 49.2 Å². The Morgan fingerprint density at radius 2 is 1.61 bits per heavy atom. The van der Waals surface area contributed by atoms with Gasteiger partial charge in [0.15, 0.2) is 0 Å². The molecule has 2 saturated heterocycles. The monoisotopic (exact) mass is 445 g/mol. The molecule has 3 aromatic rings. The van der Waals surface area contributed by atoms with E-state index >= 15 is 0 Å². The van der Waals surface area contributed by atoms with Crippen molar-refractivity contribution in [2.75, 3.05) is 14.2 Å². The molecule has 33 heavy (non-hydrogen) atoms. The van der Waals surface area contributed by atoms with Gasteiger partial charge < -0.3 is 9.47 Å². The molecule has 5 heteroatoms. The third-order valence-electron chi connectivity index (χ3n) is 6.86. The second-order valence-corrected chi connectivity index (χ2v) is 8.91. The van der Waals surface area contributed by atoms with Crippen LogP contribution in [0.2, 0.25) is 0 Å². The summed E-state index contributed by atoms with van der Waals surface area (Å²) >= 11 is 0. The van der Waals surface area contributed by atoms with Crippen molar-refractivity contribution >= 4 is 22.7 Å². The number of carbonyl (C=O) groups is 2. The number of esters is 2. The van der Waals surface area contributed by atoms with Crippen molar-refractivity contribution in [3.05, 3.63) is 83.9 Å². The lowest BCUT2D eigenvalue weighted by molar-refractivity contribution is -0.156. The summed E-state index contributed by atoms with van der Waals surface area (Å²) < 4.78 is 10.6. The highest BCUT2D eigenvalue weighted by atomic mass is 16.6. The smallest absolute Gasteiger partial charge is 0.338 e. The lowest BCUT2D eigenvalue weighted by Gasteiger charge is -2.40. The van der Waals surface area contributed by atoms with Crippen molar-refractivity contribution in [1.82, 2.24) is 4.90 Å². The van der Waals surface area contributed by atoms with Crippen molar-refractivity contribution in [3.63, 3.8) is 0 Å². The highest BCUT2D eigenvalue weighted by molar-refractivity contribution is 5.89. The van der Waals surface area contributed by atoms with Gasteiger partial charge in [-0.2, -0.15) is 0 Å². The number of piperidine rings is 1. The number of benzene rings is 3. The first kappa shape index (κ1) is 23.0. The summed E-state index contributed by atoms with van der Waals surface area (Å²) in [5.41, 5.74) is 1.83. The molecule has 0 amide bonds. The van der Waals surface area contributed by atoms with Crippen LogP contribution >= 0.6 is 0 Å². The summed E-state index contributed by atoms with van der Waals surface area (Å²) in [6, 6.07) is 24.3. The Labute approximate surface area is 195 Å². The Hall–Kier alpha value is -3.18. The number of fused-ring (bicyclic) bond motifs is 3. The van der Waals surface area contributed by atoms with Crippen molar-refractivity contribution in [1.29, 1.82) is 0 Å². The largest absolute Gasteiger partial charge is 0.469 e. The second-order valence-electron chi connectivity index (χ2n) is 8.91. The van der Waals surface area contributed by atoms with Crippen molar-refractivity contribution in [2.45, 2.75) is 44.4 Å². The molecule has 2 aliphatic rings. The zero-order valence-electron chi connectivity index (χ0n) is 19.4. The van der Waals surface area contributed by atoms with Gasteiger partial charge in [0.1, 0.15) is 12.0 Å². The zero-order valence-corrected chi connectivity index (χ0v) is 19.4. The molecule has 0 unspecified atom stereocenters. The van der Waals surface area contributed by atoms with Crippen LogP contribution in [0.3, 0.4) is 0 Å². The number of hydrogen-bond donors (Lipinski definition) is 0. The summed E-state index contributed by atoms with van der Waals surface area (Å²) in [5, 5.41) is 2.64. The van der Waals surface area contributed by atoms with Gasteiger partial charge in [-0.25, -0.2) is 4.79 Å². The number of nitrogens with zero attached hydrogens (tertiary/aromatic N) is 1. The van der Waals surface area contributed by atoms with Gasteiger partial charge in [0.25, 0.3) is 0 Å². The summed E-state index contributed by atoms with van der Waals surface area (Å²) in [7, 11) is 3.42. The molecule has 0 spiro atoms. The first-order valence-electron chi connectivity index (χ1n) is 11.5. The van der Waals surface area contributed by atoms with Gasteiger partial charge in [-0.05, 0) is 49.7 Å². The Morgan fingerprint density at radius 1 is 0.909 bits per heavy atom. The van der Waals surface area contributed by atoms with Gasteiger partial charge in [-0.15, -0.1) is 0 Å². The van der Waals surface area contributed by atoms with Gasteiger partial charge in [0.05, 0.1) is 12.7 Å². The molecule has 5 rings (SSSR count). The minimum atomic E-state index is -0.408. The lowest BCUT2D eigenvalue weighted by atomic mass is 9.87. The first-order valence-corrected chi connectivity index (χ1v) is 11.5. The maximum absolute atomic E-state index is 12.3. The van der Waals surface area contributed by atoms with Crippen LogP contribution in [0.5, 0.6) is 0 Å². The van der Waals surface area contributed by atoms with E-state index in [2.05, 4.69) is 54.3 Å². The Kier molecular flexibility index (Phi) is 7.09. The molecule has 2 fully saturated rings. The molecule has 0 saturated carbocycles. The molecule has 5 nitrogen and oxygen atoms in total. The van der Waals surface area contributed by atoms with E-state index in [1.165, 1.54) is 23.4 Å². The third-order valence-corrected chi connectivity index (χ3v) is 6.86. The predicted molar refractivity (Wildman–Crippen MR) is 129 cm³/mol. The van der Waals surface area contributed by atoms with Gasteiger partial charge in [-0.3, -0.25) is 9.69 Å². The standard InChI is InChI=1S/C17H21NO4.C11H10/c1-18-12-8-9-13(18)15(17(20)21-2)14(10-12)22-16(19)11-6-4-3-5-7-11;1-9-6-7-10-4-2-3-5-11(10)8-9/h3-7,12-15H,8-10H2,1-2H3;2-8H,1H3/t12-,13+,14-,15+;/m0./s1. The van der Waals surface area contributed by atoms with E-state index < -0.39 is 12.0 Å². The molecular formula is C28H31NO4. The highest BCUT2D eigenvalue weighted by Crippen LogP contribution is 2.40. The molecule has 2 heterocycles. The molecule has 172 valence electrons. The van der Waals surface area contributed by atoms with Crippen molar-refractivity contribution < 1.29 is 19.1 Å². The van der Waals surface area contributed by atoms with Crippen molar-refractivity contribution in [3.8, 4) is 0 Å². The number of methoxy groups -OCH3 is 1. The molecule has 0 radical (unpaired) electrons. The van der Waals surface area contributed by atoms with Gasteiger partial charge >= 0.3 is 11.9 Å². The summed E-state index contributed by atoms with van der Waals surface area (Å²) in [4.78, 5) is 26.7. The molecule has 0 N–H and O–H groups in total. The van der Waals surface area contributed by atoms with Crippen LogP contribution in [-0.2, 0) is 14.3 Å². The van der Waals surface area contributed by atoms with Crippen LogP contribution in [0.1, 0.15) is 35.2 Å². The van der Waals surface area contributed by atoms with Gasteiger partial charge in [-0.1, -0.05) is 66.2 Å². The van der Waals surface area contributed by atoms with Crippen LogP contribution in [0.15, 0.2) is 72.8 Å². The van der Waals surface area contributed by atoms with Crippen LogP contribution in [0.4, 0.5) is 0 Å². The quantitative estimate of drug-likeness (QED) is 0.530. The second kappa shape index (κ2) is 10.2. The topological polar surface area (TPSA) is 55.8 Å². The first-order chi connectivity index (χ1) is 16.0. The molecule has 3 aromatic carbocycles. The Morgan fingerprint density at radius 3 is 2.33 bits per heavy atom. The highest BCUT2D eigenvalue weighted by Gasteiger charge is 2.50. The van der Waals surface area contributed by atoms with E-state index in [4.69, 9.17) is 9.47 Å². The average molecular weight is 446 g/mol. The number of hydrogen-bond acceptors (Lipinski definition) is 5. The van der Waals surface area contributed by atoms with Gasteiger partial charge in [0, 0.05) is 18.5 Å². The summed E-state index contributed by atoms with van der Waals surface area (Å²) in [6.45, 7) is 2.12. The number of carbonyl (C=O) groups excluding carboxylic acids is 2. The molecule has 0 aliphatic carbocycles. The molecule has 2 aliphatic heterocycles. The van der Waals surface area contributed by atoms with E-state index in [1.807, 2.05) is 13.1 Å². The molecule has 2 bridgehead atoms. The van der Waals surface area contributed by atoms with Crippen LogP contribution < -0.4 is 0 Å². The Balaban J connectivity index is 0.000000196. The molecular weight excluding hydrogens is 414 g/mol. The fourth-order valence-electron chi connectivity index (χ4n) is 5.08. The lowest BCUT2D eigenvalue weighted by Crippen LogP contribution is -2.53. The Bertz CT molecular complexity index is 1110. The molecule has 0 aromatic heterocycles. The maximum Gasteiger partial charge on any atom is 0.338 e. The third kappa shape index (κ3) is 5.09. The minimum absolute atomic E-state index is 0.0970. The number of ether oxygens (including phenoxy) is 2. The fraction of sp³-hybridized carbons (Fsp3) is 0.357. The normalized spacial score (nSPS) is 24.0. The summed E-state index contributed by atoms with van der Waals surface area (Å²) in [5.74, 6) is -1.06. The van der Waals surface area contributed by atoms with Gasteiger partial charge in [0.2, 0.25) is 0 Å². The number of aryl methyl sites for hydroxylation is 1. The van der Waals surface area contributed by atoms with Crippen LogP contribution in [0.25, 0.3) is 10.8 Å². The van der Waals surface area contributed by atoms with E-state index in [1.54, 1.807) is 24.3 Å². The predicted octanol–water partition coefficient (Wildman–Crippen LogP) is 5.02. The van der Waals surface area contributed by atoms with E-state index in [-0.39, 0.29) is 18.0 Å². The van der Waals surface area contributed by atoms with E-state index in [0.29, 0.717) is 18.0 Å². The maximum atomic E-state index is 12.3. The average Bonchev–Trinajstić information content (AvgIpc) is 3.07. The summed E-state index contributed by atoms with van der Waals surface area (Å²) in [6.07, 6.45) is 2.26. The SMILES string of the molecule is COC(=O)[C@H]1[C@@H](OC(=O)c2ccccc2)C[C@@H]2CC[C@H]1N2C.Cc1ccc2ccccc2c1. The van der Waals surface area contributed by atoms with Crippen molar-refractivity contribution in [2.24, 2.45) is 5.92 Å². The molecule has 4 atom stereocenters. The van der Waals surface area contributed by atoms with E-state index in [9.17, 15) is 9.59 Å². The number of rotatable bonds is 3. The van der Waals surface area contributed by atoms with Crippen LogP contribution in [0, 0.1) is 12.8 Å². The zero-order chi connectivity index (χ0) is 23.4.